The van der Waals surface area contributed by atoms with Gasteiger partial charge in [-0.1, -0.05) is 35.5 Å². The van der Waals surface area contributed by atoms with E-state index in [4.69, 9.17) is 8.94 Å². The van der Waals surface area contributed by atoms with E-state index in [9.17, 15) is 9.90 Å². The van der Waals surface area contributed by atoms with Crippen molar-refractivity contribution >= 4 is 5.91 Å². The lowest BCUT2D eigenvalue weighted by molar-refractivity contribution is 0.0864. The fraction of sp³-hybridized carbons (Fsp3) is 0.333. The summed E-state index contributed by atoms with van der Waals surface area (Å²) in [4.78, 5) is 12.3. The first-order valence-electron chi connectivity index (χ1n) is 8.44. The molecule has 0 spiro atoms. The van der Waals surface area contributed by atoms with E-state index in [0.29, 0.717) is 24.4 Å². The summed E-state index contributed by atoms with van der Waals surface area (Å²) in [6, 6.07) is 11.2. The van der Waals surface area contributed by atoms with Gasteiger partial charge in [0.05, 0.1) is 0 Å². The van der Waals surface area contributed by atoms with E-state index in [1.165, 1.54) is 0 Å². The third-order valence-electron chi connectivity index (χ3n) is 4.44. The number of hydrogen-bond acceptors (Lipinski definition) is 7. The van der Waals surface area contributed by atoms with Crippen molar-refractivity contribution in [3.8, 4) is 11.3 Å². The van der Waals surface area contributed by atoms with E-state index < -0.39 is 6.10 Å². The fourth-order valence-corrected chi connectivity index (χ4v) is 2.90. The van der Waals surface area contributed by atoms with Gasteiger partial charge in [-0.25, -0.2) is 0 Å². The molecule has 4 rings (SSSR count). The molecule has 0 bridgehead atoms. The molecule has 3 aromatic rings. The molecule has 2 heterocycles. The van der Waals surface area contributed by atoms with Crippen LogP contribution in [0.25, 0.3) is 11.3 Å². The van der Waals surface area contributed by atoms with Crippen molar-refractivity contribution in [2.24, 2.45) is 0 Å². The number of aliphatic hydroxyl groups is 1. The topological polar surface area (TPSA) is 114 Å². The molecule has 0 saturated heterocycles. The second kappa shape index (κ2) is 6.72. The van der Waals surface area contributed by atoms with Crippen LogP contribution in [0.3, 0.4) is 0 Å². The van der Waals surface area contributed by atoms with Crippen LogP contribution in [-0.4, -0.2) is 32.4 Å². The summed E-state index contributed by atoms with van der Waals surface area (Å²) in [7, 11) is 0. The van der Waals surface area contributed by atoms with E-state index >= 15 is 0 Å². The Bertz CT molecular complexity index is 897. The van der Waals surface area contributed by atoms with Crippen molar-refractivity contribution in [1.82, 2.24) is 20.7 Å². The Balaban J connectivity index is 1.33. The number of nitrogens with zero attached hydrogens (tertiary/aromatic N) is 3. The average Bonchev–Trinajstić information content (AvgIpc) is 3.28. The number of nitrogens with one attached hydrogen (secondary N) is 1. The van der Waals surface area contributed by atoms with E-state index in [1.807, 2.05) is 30.3 Å². The monoisotopic (exact) mass is 354 g/mol. The van der Waals surface area contributed by atoms with Gasteiger partial charge in [0, 0.05) is 23.6 Å². The number of hydrogen-bond donors (Lipinski definition) is 2. The second-order valence-electron chi connectivity index (χ2n) is 6.44. The molecule has 1 fully saturated rings. The number of carbonyl (C=O) groups is 1. The van der Waals surface area contributed by atoms with E-state index in [2.05, 4.69) is 20.7 Å². The molecule has 8 nitrogen and oxygen atoms in total. The van der Waals surface area contributed by atoms with Crippen molar-refractivity contribution in [2.45, 2.75) is 37.8 Å². The highest BCUT2D eigenvalue weighted by molar-refractivity contribution is 5.92. The Morgan fingerprint density at radius 1 is 1.27 bits per heavy atom. The summed E-state index contributed by atoms with van der Waals surface area (Å²) in [6.45, 7) is 1.57. The van der Waals surface area contributed by atoms with Gasteiger partial charge in [0.15, 0.2) is 0 Å². The van der Waals surface area contributed by atoms with Crippen molar-refractivity contribution in [3.63, 3.8) is 0 Å². The zero-order valence-corrected chi connectivity index (χ0v) is 14.1. The van der Waals surface area contributed by atoms with Gasteiger partial charge in [-0.2, -0.15) is 0 Å². The van der Waals surface area contributed by atoms with Crippen LogP contribution in [0.4, 0.5) is 0 Å². The van der Waals surface area contributed by atoms with Gasteiger partial charge in [-0.05, 0) is 19.8 Å². The van der Waals surface area contributed by atoms with Gasteiger partial charge >= 0.3 is 0 Å². The fourth-order valence-electron chi connectivity index (χ4n) is 2.90. The minimum atomic E-state index is -0.780. The molecule has 1 aliphatic rings. The highest BCUT2D eigenvalue weighted by Gasteiger charge is 2.36. The van der Waals surface area contributed by atoms with Crippen LogP contribution in [0.1, 0.15) is 54.1 Å². The molecule has 26 heavy (non-hydrogen) atoms. The zero-order chi connectivity index (χ0) is 18.1. The first-order valence-corrected chi connectivity index (χ1v) is 8.44. The maximum absolute atomic E-state index is 12.3. The van der Waals surface area contributed by atoms with Crippen molar-refractivity contribution in [3.05, 3.63) is 53.9 Å². The first kappa shape index (κ1) is 16.5. The van der Waals surface area contributed by atoms with Crippen molar-refractivity contribution < 1.29 is 18.8 Å². The number of amides is 1. The summed E-state index contributed by atoms with van der Waals surface area (Å²) in [6.07, 6.45) is 0.622. The Kier molecular flexibility index (Phi) is 4.26. The van der Waals surface area contributed by atoms with E-state index in [1.54, 1.807) is 13.0 Å². The van der Waals surface area contributed by atoms with Gasteiger partial charge in [0.1, 0.15) is 11.8 Å². The molecule has 8 heteroatoms. The number of aliphatic hydroxyl groups excluding tert-OH is 1. The Morgan fingerprint density at radius 2 is 2.04 bits per heavy atom. The Morgan fingerprint density at radius 3 is 2.73 bits per heavy atom. The molecule has 134 valence electrons. The van der Waals surface area contributed by atoms with Gasteiger partial charge in [0.2, 0.25) is 17.5 Å². The molecule has 1 amide bonds. The number of benzene rings is 1. The quantitative estimate of drug-likeness (QED) is 0.723. The molecule has 2 N–H and O–H groups in total. The van der Waals surface area contributed by atoms with Crippen LogP contribution < -0.4 is 5.32 Å². The highest BCUT2D eigenvalue weighted by Crippen LogP contribution is 2.36. The van der Waals surface area contributed by atoms with Crippen LogP contribution in [0.15, 0.2) is 45.3 Å². The number of rotatable bonds is 5. The Labute approximate surface area is 149 Å². The third kappa shape index (κ3) is 3.23. The van der Waals surface area contributed by atoms with E-state index in [-0.39, 0.29) is 29.5 Å². The summed E-state index contributed by atoms with van der Waals surface area (Å²) in [5.41, 5.74) is 1.52. The maximum Gasteiger partial charge on any atom is 0.290 e. The van der Waals surface area contributed by atoms with Crippen LogP contribution in [0.2, 0.25) is 0 Å². The predicted molar refractivity (Wildman–Crippen MR) is 90.1 cm³/mol. The van der Waals surface area contributed by atoms with Gasteiger partial charge in [-0.15, -0.1) is 10.2 Å². The van der Waals surface area contributed by atoms with Crippen LogP contribution in [-0.2, 0) is 0 Å². The summed E-state index contributed by atoms with van der Waals surface area (Å²) in [5, 5.41) is 24.0. The molecule has 0 radical (unpaired) electrons. The number of aromatic nitrogens is 3. The molecular weight excluding hydrogens is 336 g/mol. The zero-order valence-electron chi connectivity index (χ0n) is 14.1. The average molecular weight is 354 g/mol. The highest BCUT2D eigenvalue weighted by atomic mass is 16.5. The maximum atomic E-state index is 12.3. The lowest BCUT2D eigenvalue weighted by atomic mass is 9.80. The molecule has 1 saturated carbocycles. The Hall–Kier alpha value is -3.00. The lowest BCUT2D eigenvalue weighted by Gasteiger charge is -2.33. The summed E-state index contributed by atoms with van der Waals surface area (Å²) < 4.78 is 10.6. The minimum absolute atomic E-state index is 0.0136. The molecule has 2 aromatic heterocycles. The standard InChI is InChI=1S/C18H18N4O4/c1-10(23)17-20-21-18(25-17)12-7-13(8-12)19-16(24)15-9-14(22-26-15)11-5-3-2-4-6-11/h2-6,9-10,12-13,23H,7-8H2,1H3,(H,19,24)/t10-,12-,13-/m1/s1. The van der Waals surface area contributed by atoms with Crippen molar-refractivity contribution in [2.75, 3.05) is 0 Å². The number of carbonyl (C=O) groups excluding carboxylic acids is 1. The summed E-state index contributed by atoms with van der Waals surface area (Å²) in [5.74, 6) is 0.690. The largest absolute Gasteiger partial charge is 0.422 e. The SMILES string of the molecule is C[C@@H](O)c1nnc([C@H]2C[C@H](NC(=O)c3cc(-c4ccccc4)no3)C2)o1. The van der Waals surface area contributed by atoms with Gasteiger partial charge < -0.3 is 19.4 Å². The molecular formula is C18H18N4O4. The van der Waals surface area contributed by atoms with E-state index in [0.717, 1.165) is 5.56 Å². The van der Waals surface area contributed by atoms with Crippen molar-refractivity contribution in [1.29, 1.82) is 0 Å². The van der Waals surface area contributed by atoms with Crippen LogP contribution in [0, 0.1) is 0 Å². The minimum Gasteiger partial charge on any atom is -0.422 e. The molecule has 0 aliphatic heterocycles. The smallest absolute Gasteiger partial charge is 0.290 e. The molecule has 1 aliphatic carbocycles. The normalized spacial score (nSPS) is 20.4. The van der Waals surface area contributed by atoms with Gasteiger partial charge in [0.25, 0.3) is 5.91 Å². The summed E-state index contributed by atoms with van der Waals surface area (Å²) >= 11 is 0. The third-order valence-corrected chi connectivity index (χ3v) is 4.44. The first-order chi connectivity index (χ1) is 12.6. The molecule has 1 atom stereocenters. The molecule has 0 unspecified atom stereocenters. The van der Waals surface area contributed by atoms with Crippen LogP contribution in [0.5, 0.6) is 0 Å². The van der Waals surface area contributed by atoms with Crippen LogP contribution >= 0.6 is 0 Å². The predicted octanol–water partition coefficient (Wildman–Crippen LogP) is 2.45. The molecule has 1 aromatic carbocycles. The van der Waals surface area contributed by atoms with Gasteiger partial charge in [-0.3, -0.25) is 4.79 Å². The second-order valence-corrected chi connectivity index (χ2v) is 6.44. The lowest BCUT2D eigenvalue weighted by Crippen LogP contribution is -2.43.